The molecule has 2 aromatic carbocycles. The maximum absolute atomic E-state index is 11.5. The summed E-state index contributed by atoms with van der Waals surface area (Å²) in [5.41, 5.74) is 4.11. The first-order chi connectivity index (χ1) is 13.1. The third-order valence-corrected chi connectivity index (χ3v) is 4.81. The summed E-state index contributed by atoms with van der Waals surface area (Å²) in [4.78, 5) is 18.2. The second-order valence-corrected chi connectivity index (χ2v) is 7.04. The van der Waals surface area contributed by atoms with Gasteiger partial charge in [0.05, 0.1) is 6.54 Å². The molecule has 1 aliphatic heterocycles. The van der Waals surface area contributed by atoms with E-state index in [1.165, 1.54) is 12.5 Å². The zero-order chi connectivity index (χ0) is 18.8. The standard InChI is InChI=1S/C20H19ClN4O2/c1-13(26)22-18-7-3-4-14-8-9-25(11-17(14)18)12-19-23-20(24-27-19)15-5-2-6-16(21)10-15/h2-7,10H,8-9,11-12H2,1H3,(H,22,26). The Hall–Kier alpha value is -2.70. The van der Waals surface area contributed by atoms with Crippen LogP contribution in [0.2, 0.25) is 5.02 Å². The Kier molecular flexibility index (Phi) is 4.92. The zero-order valence-electron chi connectivity index (χ0n) is 14.9. The third-order valence-electron chi connectivity index (χ3n) is 4.57. The van der Waals surface area contributed by atoms with E-state index in [1.807, 2.05) is 36.4 Å². The van der Waals surface area contributed by atoms with Crippen molar-refractivity contribution >= 4 is 23.2 Å². The molecule has 0 saturated carbocycles. The Labute approximate surface area is 162 Å². The number of nitrogens with one attached hydrogen (secondary N) is 1. The van der Waals surface area contributed by atoms with Gasteiger partial charge < -0.3 is 9.84 Å². The molecule has 7 heteroatoms. The van der Waals surface area contributed by atoms with Crippen molar-refractivity contribution in [2.45, 2.75) is 26.4 Å². The predicted octanol–water partition coefficient (Wildman–Crippen LogP) is 3.91. The minimum absolute atomic E-state index is 0.0661. The van der Waals surface area contributed by atoms with Crippen LogP contribution >= 0.6 is 11.6 Å². The van der Waals surface area contributed by atoms with E-state index in [2.05, 4.69) is 26.4 Å². The van der Waals surface area contributed by atoms with E-state index in [9.17, 15) is 4.79 Å². The molecule has 1 amide bonds. The van der Waals surface area contributed by atoms with Gasteiger partial charge in [-0.1, -0.05) is 41.0 Å². The molecular weight excluding hydrogens is 364 g/mol. The van der Waals surface area contributed by atoms with Crippen LogP contribution in [-0.2, 0) is 24.3 Å². The SMILES string of the molecule is CC(=O)Nc1cccc2c1CN(Cc1nc(-c3cccc(Cl)c3)no1)CC2. The maximum atomic E-state index is 11.5. The lowest BCUT2D eigenvalue weighted by atomic mass is 9.98. The quantitative estimate of drug-likeness (QED) is 0.740. The fourth-order valence-corrected chi connectivity index (χ4v) is 3.52. The molecule has 1 aromatic heterocycles. The predicted molar refractivity (Wildman–Crippen MR) is 103 cm³/mol. The molecule has 27 heavy (non-hydrogen) atoms. The first kappa shape index (κ1) is 17.7. The van der Waals surface area contributed by atoms with Crippen molar-refractivity contribution in [3.05, 3.63) is 64.5 Å². The van der Waals surface area contributed by atoms with E-state index in [-0.39, 0.29) is 5.91 Å². The van der Waals surface area contributed by atoms with E-state index in [1.54, 1.807) is 0 Å². The topological polar surface area (TPSA) is 71.3 Å². The summed E-state index contributed by atoms with van der Waals surface area (Å²) in [6.07, 6.45) is 0.915. The molecule has 0 fully saturated rings. The van der Waals surface area contributed by atoms with Crippen LogP contribution in [0, 0.1) is 0 Å². The molecular formula is C20H19ClN4O2. The van der Waals surface area contributed by atoms with Gasteiger partial charge in [0.25, 0.3) is 0 Å². The van der Waals surface area contributed by atoms with Gasteiger partial charge in [0.2, 0.25) is 17.6 Å². The number of rotatable bonds is 4. The smallest absolute Gasteiger partial charge is 0.241 e. The van der Waals surface area contributed by atoms with Crippen molar-refractivity contribution in [3.63, 3.8) is 0 Å². The zero-order valence-corrected chi connectivity index (χ0v) is 15.7. The Balaban J connectivity index is 1.50. The van der Waals surface area contributed by atoms with Gasteiger partial charge in [0.1, 0.15) is 0 Å². The van der Waals surface area contributed by atoms with E-state index >= 15 is 0 Å². The van der Waals surface area contributed by atoms with Gasteiger partial charge in [-0.05, 0) is 35.7 Å². The number of anilines is 1. The Bertz CT molecular complexity index is 986. The van der Waals surface area contributed by atoms with Crippen LogP contribution in [0.15, 0.2) is 47.0 Å². The van der Waals surface area contributed by atoms with Crippen molar-refractivity contribution in [3.8, 4) is 11.4 Å². The van der Waals surface area contributed by atoms with Gasteiger partial charge in [-0.15, -0.1) is 0 Å². The lowest BCUT2D eigenvalue weighted by molar-refractivity contribution is -0.114. The van der Waals surface area contributed by atoms with E-state index in [4.69, 9.17) is 16.1 Å². The number of fused-ring (bicyclic) bond motifs is 1. The van der Waals surface area contributed by atoms with Gasteiger partial charge in [0, 0.05) is 36.3 Å². The summed E-state index contributed by atoms with van der Waals surface area (Å²) in [5, 5.41) is 7.62. The van der Waals surface area contributed by atoms with Crippen LogP contribution in [0.4, 0.5) is 5.69 Å². The molecule has 0 aliphatic carbocycles. The van der Waals surface area contributed by atoms with E-state index in [0.29, 0.717) is 23.3 Å². The van der Waals surface area contributed by atoms with Crippen LogP contribution < -0.4 is 5.32 Å². The molecule has 0 atom stereocenters. The van der Waals surface area contributed by atoms with Crippen LogP contribution in [0.1, 0.15) is 23.9 Å². The highest BCUT2D eigenvalue weighted by Gasteiger charge is 2.21. The Morgan fingerprint density at radius 1 is 1.30 bits per heavy atom. The summed E-state index contributed by atoms with van der Waals surface area (Å²) >= 11 is 6.03. The Morgan fingerprint density at radius 3 is 2.96 bits per heavy atom. The molecule has 3 aromatic rings. The summed E-state index contributed by atoms with van der Waals surface area (Å²) < 4.78 is 5.43. The number of hydrogen-bond donors (Lipinski definition) is 1. The van der Waals surface area contributed by atoms with Gasteiger partial charge in [-0.3, -0.25) is 9.69 Å². The molecule has 0 unspecified atom stereocenters. The number of halogens is 1. The molecule has 1 aliphatic rings. The lowest BCUT2D eigenvalue weighted by Crippen LogP contribution is -2.31. The van der Waals surface area contributed by atoms with Crippen molar-refractivity contribution in [1.82, 2.24) is 15.0 Å². The fourth-order valence-electron chi connectivity index (χ4n) is 3.33. The third kappa shape index (κ3) is 4.02. The highest BCUT2D eigenvalue weighted by molar-refractivity contribution is 6.30. The normalized spacial score (nSPS) is 14.0. The number of nitrogens with zero attached hydrogens (tertiary/aromatic N) is 3. The highest BCUT2D eigenvalue weighted by atomic mass is 35.5. The summed E-state index contributed by atoms with van der Waals surface area (Å²) in [5.74, 6) is 1.03. The first-order valence-electron chi connectivity index (χ1n) is 8.78. The largest absolute Gasteiger partial charge is 0.338 e. The monoisotopic (exact) mass is 382 g/mol. The number of carbonyl (C=O) groups is 1. The minimum Gasteiger partial charge on any atom is -0.338 e. The molecule has 0 radical (unpaired) electrons. The van der Waals surface area contributed by atoms with Gasteiger partial charge in [-0.2, -0.15) is 4.98 Å². The van der Waals surface area contributed by atoms with Crippen LogP contribution in [0.5, 0.6) is 0 Å². The van der Waals surface area contributed by atoms with E-state index < -0.39 is 0 Å². The second-order valence-electron chi connectivity index (χ2n) is 6.61. The van der Waals surface area contributed by atoms with Crippen molar-refractivity contribution < 1.29 is 9.32 Å². The van der Waals surface area contributed by atoms with E-state index in [0.717, 1.165) is 36.3 Å². The molecule has 1 N–H and O–H groups in total. The van der Waals surface area contributed by atoms with Crippen LogP contribution in [0.25, 0.3) is 11.4 Å². The highest BCUT2D eigenvalue weighted by Crippen LogP contribution is 2.27. The Morgan fingerprint density at radius 2 is 2.15 bits per heavy atom. The summed E-state index contributed by atoms with van der Waals surface area (Å²) in [6, 6.07) is 13.4. The number of carbonyl (C=O) groups excluding carboxylic acids is 1. The molecule has 0 bridgehead atoms. The maximum Gasteiger partial charge on any atom is 0.241 e. The van der Waals surface area contributed by atoms with Crippen molar-refractivity contribution in [2.24, 2.45) is 0 Å². The van der Waals surface area contributed by atoms with Crippen LogP contribution in [0.3, 0.4) is 0 Å². The molecule has 6 nitrogen and oxygen atoms in total. The second kappa shape index (κ2) is 7.50. The molecule has 138 valence electrons. The van der Waals surface area contributed by atoms with Crippen molar-refractivity contribution in [1.29, 1.82) is 0 Å². The molecule has 0 spiro atoms. The first-order valence-corrected chi connectivity index (χ1v) is 9.15. The van der Waals surface area contributed by atoms with Gasteiger partial charge in [-0.25, -0.2) is 0 Å². The van der Waals surface area contributed by atoms with Crippen LogP contribution in [-0.4, -0.2) is 27.5 Å². The fraction of sp³-hybridized carbons (Fsp3) is 0.250. The number of amides is 1. The number of aromatic nitrogens is 2. The number of hydrogen-bond acceptors (Lipinski definition) is 5. The number of benzene rings is 2. The van der Waals surface area contributed by atoms with Gasteiger partial charge in [0.15, 0.2) is 0 Å². The molecule has 2 heterocycles. The average Bonchev–Trinajstić information content (AvgIpc) is 3.10. The van der Waals surface area contributed by atoms with Crippen molar-refractivity contribution in [2.75, 3.05) is 11.9 Å². The average molecular weight is 383 g/mol. The lowest BCUT2D eigenvalue weighted by Gasteiger charge is -2.29. The summed E-state index contributed by atoms with van der Waals surface area (Å²) in [6.45, 7) is 3.70. The molecule has 0 saturated heterocycles. The van der Waals surface area contributed by atoms with Gasteiger partial charge >= 0.3 is 0 Å². The minimum atomic E-state index is -0.0661. The molecule has 4 rings (SSSR count). The summed E-state index contributed by atoms with van der Waals surface area (Å²) in [7, 11) is 0.